The maximum atomic E-state index is 11.2. The molecule has 0 fully saturated rings. The van der Waals surface area contributed by atoms with Gasteiger partial charge in [-0.05, 0) is 12.1 Å². The van der Waals surface area contributed by atoms with Crippen LogP contribution in [-0.4, -0.2) is 35.2 Å². The Morgan fingerprint density at radius 2 is 2.04 bits per heavy atom. The summed E-state index contributed by atoms with van der Waals surface area (Å²) in [7, 11) is 1.16. The largest absolute Gasteiger partial charge is 0.488 e. The molecular formula is C11H12N6O7. The lowest BCUT2D eigenvalue weighted by molar-refractivity contribution is -0.525. The summed E-state index contributed by atoms with van der Waals surface area (Å²) in [5.74, 6) is -1.75. The summed E-state index contributed by atoms with van der Waals surface area (Å²) < 4.78 is 9.74. The summed E-state index contributed by atoms with van der Waals surface area (Å²) in [6.07, 6.45) is 0.937. The van der Waals surface area contributed by atoms with Crippen molar-refractivity contribution in [2.75, 3.05) is 7.11 Å². The number of methoxy groups -OCH3 is 1. The van der Waals surface area contributed by atoms with Gasteiger partial charge in [-0.15, -0.1) is 5.10 Å². The second-order valence-electron chi connectivity index (χ2n) is 3.98. The van der Waals surface area contributed by atoms with Gasteiger partial charge in [-0.25, -0.2) is 10.1 Å². The first kappa shape index (κ1) is 18.3. The maximum absolute atomic E-state index is 11.2. The smallest absolute Gasteiger partial charge is 0.323 e. The molecule has 13 heteroatoms. The highest BCUT2D eigenvalue weighted by Gasteiger charge is 2.25. The van der Waals surface area contributed by atoms with Crippen molar-refractivity contribution < 1.29 is 24.2 Å². The first-order chi connectivity index (χ1) is 11.3. The zero-order valence-corrected chi connectivity index (χ0v) is 12.5. The van der Waals surface area contributed by atoms with Crippen molar-refractivity contribution in [3.8, 4) is 11.5 Å². The summed E-state index contributed by atoms with van der Waals surface area (Å²) in [5, 5.41) is 27.1. The number of hydrazine groups is 1. The molecule has 0 heterocycles. The van der Waals surface area contributed by atoms with Crippen molar-refractivity contribution in [3.05, 3.63) is 37.9 Å². The average Bonchev–Trinajstić information content (AvgIpc) is 2.46. The van der Waals surface area contributed by atoms with E-state index in [-0.39, 0.29) is 17.1 Å². The predicted octanol–water partition coefficient (Wildman–Crippen LogP) is -0.0414. The Hall–Kier alpha value is -3.77. The normalized spacial score (nSPS) is 11.2. The molecule has 0 atom stereocenters. The van der Waals surface area contributed by atoms with Gasteiger partial charge in [0.2, 0.25) is 5.75 Å². The fraction of sp³-hybridized carbons (Fsp3) is 0.182. The van der Waals surface area contributed by atoms with E-state index in [2.05, 4.69) is 10.2 Å². The van der Waals surface area contributed by atoms with Crippen LogP contribution in [0.25, 0.3) is 0 Å². The van der Waals surface area contributed by atoms with Crippen LogP contribution < -0.4 is 20.6 Å². The quantitative estimate of drug-likeness (QED) is 0.179. The number of benzene rings is 1. The van der Waals surface area contributed by atoms with Gasteiger partial charge >= 0.3 is 11.7 Å². The second kappa shape index (κ2) is 8.02. The van der Waals surface area contributed by atoms with Crippen LogP contribution in [0.4, 0.5) is 5.69 Å². The molecule has 0 saturated heterocycles. The number of nitrogens with two attached hydrogens (primary N) is 1. The van der Waals surface area contributed by atoms with Gasteiger partial charge in [-0.3, -0.25) is 14.9 Å². The number of hydrogen-bond acceptors (Lipinski definition) is 9. The van der Waals surface area contributed by atoms with Gasteiger partial charge in [0.05, 0.1) is 23.8 Å². The first-order valence-electron chi connectivity index (χ1n) is 6.07. The number of nitro groups is 2. The Morgan fingerprint density at radius 3 is 2.54 bits per heavy atom. The summed E-state index contributed by atoms with van der Waals surface area (Å²) in [6.45, 7) is 1.13. The summed E-state index contributed by atoms with van der Waals surface area (Å²) in [6, 6.07) is 2.49. The molecular weight excluding hydrogens is 328 g/mol. The molecule has 0 aliphatic carbocycles. The average molecular weight is 340 g/mol. The Bertz CT molecular complexity index is 730. The highest BCUT2D eigenvalue weighted by Crippen LogP contribution is 2.39. The third-order valence-corrected chi connectivity index (χ3v) is 2.34. The zero-order valence-electron chi connectivity index (χ0n) is 12.5. The number of esters is 1. The van der Waals surface area contributed by atoms with E-state index in [1.807, 2.05) is 0 Å². The van der Waals surface area contributed by atoms with Crippen LogP contribution in [0.5, 0.6) is 11.5 Å². The molecule has 3 N–H and O–H groups in total. The van der Waals surface area contributed by atoms with E-state index in [1.54, 1.807) is 0 Å². The monoisotopic (exact) mass is 340 g/mol. The molecule has 1 aromatic carbocycles. The van der Waals surface area contributed by atoms with Gasteiger partial charge in [-0.2, -0.15) is 5.10 Å². The third kappa shape index (κ3) is 4.90. The van der Waals surface area contributed by atoms with Gasteiger partial charge in [-0.1, -0.05) is 5.43 Å². The molecule has 0 amide bonds. The molecule has 0 aromatic heterocycles. The number of nitro benzene ring substituents is 1. The molecule has 1 aromatic rings. The topological polar surface area (TPSA) is 185 Å². The molecule has 1 rings (SSSR count). The van der Waals surface area contributed by atoms with Crippen LogP contribution in [0.1, 0.15) is 12.5 Å². The minimum Gasteiger partial charge on any atom is -0.488 e. The van der Waals surface area contributed by atoms with Crippen molar-refractivity contribution in [1.82, 2.24) is 5.43 Å². The minimum absolute atomic E-state index is 0.0506. The van der Waals surface area contributed by atoms with Gasteiger partial charge in [0.25, 0.3) is 5.96 Å². The fourth-order valence-electron chi connectivity index (χ4n) is 1.56. The predicted molar refractivity (Wildman–Crippen MR) is 80.3 cm³/mol. The number of nitrogens with zero attached hydrogens (tertiary/aromatic N) is 4. The van der Waals surface area contributed by atoms with Gasteiger partial charge < -0.3 is 15.2 Å². The Balaban J connectivity index is 3.26. The van der Waals surface area contributed by atoms with E-state index >= 15 is 0 Å². The van der Waals surface area contributed by atoms with E-state index in [1.165, 1.54) is 17.6 Å². The van der Waals surface area contributed by atoms with Gasteiger partial charge in [0, 0.05) is 6.92 Å². The van der Waals surface area contributed by atoms with E-state index in [0.29, 0.717) is 0 Å². The van der Waals surface area contributed by atoms with Crippen LogP contribution >= 0.6 is 0 Å². The summed E-state index contributed by atoms with van der Waals surface area (Å²) in [4.78, 5) is 31.6. The molecule has 0 bridgehead atoms. The SMILES string of the molecule is COc1c(OC(C)=O)ccc(/C=N/N=C(N)N[N+](=O)[O-])c1[N+](=O)[O-]. The second-order valence-corrected chi connectivity index (χ2v) is 3.98. The third-order valence-electron chi connectivity index (χ3n) is 2.34. The Morgan fingerprint density at radius 1 is 1.38 bits per heavy atom. The fourth-order valence-corrected chi connectivity index (χ4v) is 1.56. The molecule has 0 aliphatic rings. The lowest BCUT2D eigenvalue weighted by Gasteiger charge is -2.09. The number of guanidine groups is 1. The van der Waals surface area contributed by atoms with E-state index < -0.39 is 27.6 Å². The lowest BCUT2D eigenvalue weighted by atomic mass is 10.1. The first-order valence-corrected chi connectivity index (χ1v) is 6.07. The molecule has 13 nitrogen and oxygen atoms in total. The highest BCUT2D eigenvalue weighted by molar-refractivity contribution is 5.89. The molecule has 0 radical (unpaired) electrons. The zero-order chi connectivity index (χ0) is 18.3. The van der Waals surface area contributed by atoms with E-state index in [4.69, 9.17) is 15.2 Å². The van der Waals surface area contributed by atoms with Crippen LogP contribution in [-0.2, 0) is 4.79 Å². The van der Waals surface area contributed by atoms with Crippen molar-refractivity contribution in [3.63, 3.8) is 0 Å². The van der Waals surface area contributed by atoms with E-state index in [9.17, 15) is 25.0 Å². The standard InChI is InChI=1S/C11H12N6O7/c1-6(18)24-8-4-3-7(9(16(19)20)10(8)23-2)5-13-14-11(12)15-17(21)22/h3-5H,1-2H3,(H3,12,14,15)/b13-5+. The van der Waals surface area contributed by atoms with Crippen LogP contribution in [0, 0.1) is 20.2 Å². The minimum atomic E-state index is -0.951. The molecule has 0 spiro atoms. The van der Waals surface area contributed by atoms with Gasteiger partial charge in [0.1, 0.15) is 0 Å². The summed E-state index contributed by atoms with van der Waals surface area (Å²) in [5.41, 5.74) is 6.10. The number of carbonyl (C=O) groups excluding carboxylic acids is 1. The van der Waals surface area contributed by atoms with Crippen molar-refractivity contribution in [2.45, 2.75) is 6.92 Å². The van der Waals surface area contributed by atoms with Crippen LogP contribution in [0.3, 0.4) is 0 Å². The van der Waals surface area contributed by atoms with Crippen LogP contribution in [0.15, 0.2) is 22.3 Å². The van der Waals surface area contributed by atoms with E-state index in [0.717, 1.165) is 20.2 Å². The number of ether oxygens (including phenoxy) is 2. The number of carbonyl (C=O) groups is 1. The molecule has 24 heavy (non-hydrogen) atoms. The maximum Gasteiger partial charge on any atom is 0.323 e. The molecule has 0 unspecified atom stereocenters. The molecule has 0 saturated carbocycles. The number of rotatable bonds is 6. The lowest BCUT2D eigenvalue weighted by Crippen LogP contribution is -2.35. The van der Waals surface area contributed by atoms with Crippen LogP contribution in [0.2, 0.25) is 0 Å². The van der Waals surface area contributed by atoms with Gasteiger partial charge in [0.15, 0.2) is 10.8 Å². The Labute approximate surface area is 134 Å². The highest BCUT2D eigenvalue weighted by atomic mass is 16.7. The summed E-state index contributed by atoms with van der Waals surface area (Å²) >= 11 is 0. The van der Waals surface area contributed by atoms with Crippen molar-refractivity contribution >= 4 is 23.8 Å². The number of hydrogen-bond donors (Lipinski definition) is 2. The number of nitrogens with one attached hydrogen (secondary N) is 1. The van der Waals surface area contributed by atoms with Crippen molar-refractivity contribution in [1.29, 1.82) is 0 Å². The van der Waals surface area contributed by atoms with Crippen molar-refractivity contribution in [2.24, 2.45) is 15.9 Å². The molecule has 0 aliphatic heterocycles. The Kier molecular flexibility index (Phi) is 6.11. The molecule has 128 valence electrons.